The molecule has 1 N–H and O–H groups in total. The van der Waals surface area contributed by atoms with Gasteiger partial charge in [-0.05, 0) is 55.7 Å². The van der Waals surface area contributed by atoms with Crippen molar-refractivity contribution in [3.63, 3.8) is 0 Å². The molecule has 0 bridgehead atoms. The average molecular weight is 379 g/mol. The Labute approximate surface area is 164 Å². The summed E-state index contributed by atoms with van der Waals surface area (Å²) in [6.07, 6.45) is 3.13. The van der Waals surface area contributed by atoms with Crippen molar-refractivity contribution in [2.24, 2.45) is 0 Å². The van der Waals surface area contributed by atoms with Gasteiger partial charge >= 0.3 is 0 Å². The van der Waals surface area contributed by atoms with Crippen LogP contribution in [0.2, 0.25) is 0 Å². The fraction of sp³-hybridized carbons (Fsp3) is 0.364. The van der Waals surface area contributed by atoms with E-state index in [4.69, 9.17) is 14.5 Å². The maximum atomic E-state index is 12.8. The summed E-state index contributed by atoms with van der Waals surface area (Å²) in [4.78, 5) is 22.8. The number of rotatable bonds is 7. The Hall–Kier alpha value is -3.02. The van der Waals surface area contributed by atoms with Crippen molar-refractivity contribution in [3.05, 3.63) is 54.4 Å². The Bertz CT molecular complexity index is 903. The summed E-state index contributed by atoms with van der Waals surface area (Å²) in [6, 6.07) is 15.5. The van der Waals surface area contributed by atoms with E-state index >= 15 is 0 Å². The van der Waals surface area contributed by atoms with Crippen LogP contribution in [0.5, 0.6) is 11.5 Å². The molecule has 0 saturated carbocycles. The average Bonchev–Trinajstić information content (AvgIpc) is 3.38. The lowest BCUT2D eigenvalue weighted by molar-refractivity contribution is -0.132. The first kappa shape index (κ1) is 18.3. The van der Waals surface area contributed by atoms with Crippen LogP contribution in [-0.2, 0) is 4.79 Å². The van der Waals surface area contributed by atoms with Gasteiger partial charge in [-0.2, -0.15) is 0 Å². The molecule has 2 aromatic carbocycles. The predicted octanol–water partition coefficient (Wildman–Crippen LogP) is 4.09. The number of aromatic nitrogens is 2. The molecule has 1 saturated heterocycles. The highest BCUT2D eigenvalue weighted by Crippen LogP contribution is 2.32. The van der Waals surface area contributed by atoms with E-state index in [1.54, 1.807) is 7.11 Å². The molecule has 6 heteroatoms. The number of nitrogens with zero attached hydrogens (tertiary/aromatic N) is 2. The second-order valence-corrected chi connectivity index (χ2v) is 7.01. The number of H-pyrrole nitrogens is 1. The van der Waals surface area contributed by atoms with Crippen LogP contribution in [0.25, 0.3) is 11.0 Å². The van der Waals surface area contributed by atoms with Crippen LogP contribution in [0.3, 0.4) is 0 Å². The first-order valence-corrected chi connectivity index (χ1v) is 9.75. The minimum atomic E-state index is 0.0439. The van der Waals surface area contributed by atoms with Crippen molar-refractivity contribution in [3.8, 4) is 11.5 Å². The number of amides is 1. The Morgan fingerprint density at radius 1 is 1.18 bits per heavy atom. The second-order valence-electron chi connectivity index (χ2n) is 7.01. The molecule has 0 radical (unpaired) electrons. The molecule has 146 valence electrons. The highest BCUT2D eigenvalue weighted by Gasteiger charge is 2.31. The molecule has 3 aromatic rings. The van der Waals surface area contributed by atoms with E-state index in [1.165, 1.54) is 0 Å². The van der Waals surface area contributed by atoms with Crippen molar-refractivity contribution < 1.29 is 14.3 Å². The molecule has 1 unspecified atom stereocenters. The molecule has 1 fully saturated rings. The number of ether oxygens (including phenoxy) is 2. The molecule has 1 aliphatic heterocycles. The smallest absolute Gasteiger partial charge is 0.223 e. The normalized spacial score (nSPS) is 16.5. The van der Waals surface area contributed by atoms with E-state index in [-0.39, 0.29) is 11.9 Å². The lowest BCUT2D eigenvalue weighted by Crippen LogP contribution is -2.31. The molecule has 1 aromatic heterocycles. The number of aromatic amines is 1. The van der Waals surface area contributed by atoms with Gasteiger partial charge < -0.3 is 19.4 Å². The number of carbonyl (C=O) groups excluding carboxylic acids is 1. The standard InChI is InChI=1S/C22H25N3O3/c1-27-16-10-12-17(13-11-16)28-15-5-9-21(26)25-14-4-8-20(25)22-23-18-6-2-3-7-19(18)24-22/h2-3,6-7,10-13,20H,4-5,8-9,14-15H2,1H3,(H,23,24). The zero-order valence-electron chi connectivity index (χ0n) is 16.1. The van der Waals surface area contributed by atoms with Crippen molar-refractivity contribution >= 4 is 16.9 Å². The van der Waals surface area contributed by atoms with Crippen molar-refractivity contribution in [1.82, 2.24) is 14.9 Å². The maximum absolute atomic E-state index is 12.8. The van der Waals surface area contributed by atoms with Gasteiger partial charge in [0.05, 0.1) is 30.8 Å². The number of hydrogen-bond donors (Lipinski definition) is 1. The van der Waals surface area contributed by atoms with Gasteiger partial charge in [0.1, 0.15) is 17.3 Å². The number of para-hydroxylation sites is 2. The molecular formula is C22H25N3O3. The van der Waals surface area contributed by atoms with Crippen molar-refractivity contribution in [2.45, 2.75) is 31.7 Å². The van der Waals surface area contributed by atoms with E-state index in [1.807, 2.05) is 53.4 Å². The molecule has 1 atom stereocenters. The minimum Gasteiger partial charge on any atom is -0.497 e. The fourth-order valence-corrected chi connectivity index (χ4v) is 3.71. The topological polar surface area (TPSA) is 67.5 Å². The molecular weight excluding hydrogens is 354 g/mol. The Balaban J connectivity index is 1.30. The highest BCUT2D eigenvalue weighted by atomic mass is 16.5. The number of fused-ring (bicyclic) bond motifs is 1. The number of hydrogen-bond acceptors (Lipinski definition) is 4. The fourth-order valence-electron chi connectivity index (χ4n) is 3.71. The predicted molar refractivity (Wildman–Crippen MR) is 108 cm³/mol. The van der Waals surface area contributed by atoms with E-state index in [0.29, 0.717) is 19.4 Å². The lowest BCUT2D eigenvalue weighted by Gasteiger charge is -2.23. The summed E-state index contributed by atoms with van der Waals surface area (Å²) in [5, 5.41) is 0. The molecule has 1 amide bonds. The SMILES string of the molecule is COc1ccc(OCCCC(=O)N2CCCC2c2nc3ccccc3[nH]2)cc1. The summed E-state index contributed by atoms with van der Waals surface area (Å²) in [5.41, 5.74) is 1.97. The van der Waals surface area contributed by atoms with Crippen molar-refractivity contribution in [2.75, 3.05) is 20.3 Å². The first-order chi connectivity index (χ1) is 13.7. The van der Waals surface area contributed by atoms with Gasteiger partial charge in [-0.1, -0.05) is 12.1 Å². The number of methoxy groups -OCH3 is 1. The molecule has 4 rings (SSSR count). The quantitative estimate of drug-likeness (QED) is 0.628. The van der Waals surface area contributed by atoms with Crippen LogP contribution in [0.1, 0.15) is 37.5 Å². The molecule has 0 spiro atoms. The summed E-state index contributed by atoms with van der Waals surface area (Å²) in [7, 11) is 1.64. The largest absolute Gasteiger partial charge is 0.497 e. The van der Waals surface area contributed by atoms with E-state index in [2.05, 4.69) is 4.98 Å². The second kappa shape index (κ2) is 8.33. The highest BCUT2D eigenvalue weighted by molar-refractivity contribution is 5.78. The van der Waals surface area contributed by atoms with Crippen LogP contribution in [0.4, 0.5) is 0 Å². The number of nitrogens with one attached hydrogen (secondary N) is 1. The third-order valence-electron chi connectivity index (χ3n) is 5.16. The Morgan fingerprint density at radius 2 is 1.96 bits per heavy atom. The Kier molecular flexibility index (Phi) is 5.46. The van der Waals surface area contributed by atoms with E-state index in [9.17, 15) is 4.79 Å². The monoisotopic (exact) mass is 379 g/mol. The molecule has 28 heavy (non-hydrogen) atoms. The van der Waals surface area contributed by atoms with Crippen LogP contribution in [0.15, 0.2) is 48.5 Å². The summed E-state index contributed by atoms with van der Waals surface area (Å²) in [5.74, 6) is 2.64. The summed E-state index contributed by atoms with van der Waals surface area (Å²) >= 11 is 0. The van der Waals surface area contributed by atoms with E-state index < -0.39 is 0 Å². The first-order valence-electron chi connectivity index (χ1n) is 9.75. The van der Waals surface area contributed by atoms with Gasteiger partial charge in [0.15, 0.2) is 0 Å². The van der Waals surface area contributed by atoms with Crippen LogP contribution in [-0.4, -0.2) is 41.0 Å². The maximum Gasteiger partial charge on any atom is 0.223 e. The summed E-state index contributed by atoms with van der Waals surface area (Å²) < 4.78 is 10.9. The van der Waals surface area contributed by atoms with Gasteiger partial charge in [-0.25, -0.2) is 4.98 Å². The van der Waals surface area contributed by atoms with E-state index in [0.717, 1.165) is 47.7 Å². The number of likely N-dealkylation sites (tertiary alicyclic amines) is 1. The molecule has 2 heterocycles. The van der Waals surface area contributed by atoms with Gasteiger partial charge in [-0.3, -0.25) is 4.79 Å². The number of carbonyl (C=O) groups is 1. The summed E-state index contributed by atoms with van der Waals surface area (Å²) in [6.45, 7) is 1.31. The molecule has 0 aliphatic carbocycles. The van der Waals surface area contributed by atoms with Gasteiger partial charge in [0.2, 0.25) is 5.91 Å². The zero-order valence-corrected chi connectivity index (χ0v) is 16.1. The lowest BCUT2D eigenvalue weighted by atomic mass is 10.2. The van der Waals surface area contributed by atoms with Gasteiger partial charge in [0, 0.05) is 13.0 Å². The van der Waals surface area contributed by atoms with Crippen LogP contribution in [0, 0.1) is 0 Å². The molecule has 6 nitrogen and oxygen atoms in total. The zero-order chi connectivity index (χ0) is 19.3. The minimum absolute atomic E-state index is 0.0439. The Morgan fingerprint density at radius 3 is 2.75 bits per heavy atom. The number of imidazole rings is 1. The molecule has 1 aliphatic rings. The third kappa shape index (κ3) is 3.96. The third-order valence-corrected chi connectivity index (χ3v) is 5.16. The van der Waals surface area contributed by atoms with Gasteiger partial charge in [-0.15, -0.1) is 0 Å². The van der Waals surface area contributed by atoms with Crippen LogP contribution < -0.4 is 9.47 Å². The van der Waals surface area contributed by atoms with Crippen LogP contribution >= 0.6 is 0 Å². The van der Waals surface area contributed by atoms with Gasteiger partial charge in [0.25, 0.3) is 0 Å². The number of benzene rings is 2. The van der Waals surface area contributed by atoms with Crippen molar-refractivity contribution in [1.29, 1.82) is 0 Å².